The largest absolute Gasteiger partial charge is 0.399 e. The SMILES string of the molecule is Nc1ccc2c(c1)ncn2-c1cccc2ccccc12. The third-order valence-corrected chi connectivity index (χ3v) is 3.60. The number of rotatable bonds is 1. The molecule has 3 heteroatoms. The van der Waals surface area contributed by atoms with Gasteiger partial charge >= 0.3 is 0 Å². The van der Waals surface area contributed by atoms with Gasteiger partial charge in [-0.3, -0.25) is 4.57 Å². The lowest BCUT2D eigenvalue weighted by atomic mass is 10.1. The first-order valence-electron chi connectivity index (χ1n) is 6.54. The smallest absolute Gasteiger partial charge is 0.100 e. The summed E-state index contributed by atoms with van der Waals surface area (Å²) in [4.78, 5) is 4.45. The fourth-order valence-electron chi connectivity index (χ4n) is 2.64. The maximum absolute atomic E-state index is 5.81. The van der Waals surface area contributed by atoms with Gasteiger partial charge in [0.25, 0.3) is 0 Å². The van der Waals surface area contributed by atoms with Crippen LogP contribution < -0.4 is 5.73 Å². The first-order valence-corrected chi connectivity index (χ1v) is 6.54. The molecule has 3 nitrogen and oxygen atoms in total. The maximum Gasteiger partial charge on any atom is 0.100 e. The highest BCUT2D eigenvalue weighted by atomic mass is 15.0. The molecule has 0 aliphatic rings. The lowest BCUT2D eigenvalue weighted by molar-refractivity contribution is 1.10. The van der Waals surface area contributed by atoms with Crippen molar-refractivity contribution in [3.05, 3.63) is 67.0 Å². The van der Waals surface area contributed by atoms with Crippen LogP contribution in [0.25, 0.3) is 27.5 Å². The highest BCUT2D eigenvalue weighted by molar-refractivity contribution is 5.92. The van der Waals surface area contributed by atoms with Gasteiger partial charge < -0.3 is 5.73 Å². The molecule has 1 heterocycles. The molecule has 0 bridgehead atoms. The van der Waals surface area contributed by atoms with Gasteiger partial charge in [0.2, 0.25) is 0 Å². The molecule has 1 aromatic heterocycles. The number of benzene rings is 3. The van der Waals surface area contributed by atoms with E-state index in [0.29, 0.717) is 0 Å². The number of hydrogen-bond donors (Lipinski definition) is 1. The first-order chi connectivity index (χ1) is 9.83. The topological polar surface area (TPSA) is 43.8 Å². The summed E-state index contributed by atoms with van der Waals surface area (Å²) in [6.07, 6.45) is 1.85. The molecule has 0 fully saturated rings. The molecule has 0 unspecified atom stereocenters. The van der Waals surface area contributed by atoms with Crippen LogP contribution in [-0.2, 0) is 0 Å². The van der Waals surface area contributed by atoms with E-state index in [9.17, 15) is 0 Å². The summed E-state index contributed by atoms with van der Waals surface area (Å²) < 4.78 is 2.11. The van der Waals surface area contributed by atoms with Crippen molar-refractivity contribution in [1.29, 1.82) is 0 Å². The van der Waals surface area contributed by atoms with Crippen molar-refractivity contribution in [3.63, 3.8) is 0 Å². The van der Waals surface area contributed by atoms with Crippen molar-refractivity contribution in [2.24, 2.45) is 0 Å². The van der Waals surface area contributed by atoms with Crippen LogP contribution in [0.4, 0.5) is 5.69 Å². The number of nitrogens with zero attached hydrogens (tertiary/aromatic N) is 2. The van der Waals surface area contributed by atoms with Crippen LogP contribution in [0.2, 0.25) is 0 Å². The fourth-order valence-corrected chi connectivity index (χ4v) is 2.64. The second kappa shape index (κ2) is 4.10. The summed E-state index contributed by atoms with van der Waals surface area (Å²) in [7, 11) is 0. The molecule has 0 aliphatic heterocycles. The first kappa shape index (κ1) is 11.1. The van der Waals surface area contributed by atoms with E-state index < -0.39 is 0 Å². The number of fused-ring (bicyclic) bond motifs is 2. The van der Waals surface area contributed by atoms with E-state index >= 15 is 0 Å². The Morgan fingerprint density at radius 1 is 0.900 bits per heavy atom. The van der Waals surface area contributed by atoms with Gasteiger partial charge in [0.05, 0.1) is 16.7 Å². The molecule has 3 aromatic carbocycles. The molecule has 0 spiro atoms. The number of nitrogen functional groups attached to an aromatic ring is 1. The van der Waals surface area contributed by atoms with Crippen LogP contribution in [0.1, 0.15) is 0 Å². The van der Waals surface area contributed by atoms with E-state index in [1.54, 1.807) is 0 Å². The Labute approximate surface area is 116 Å². The van der Waals surface area contributed by atoms with E-state index in [1.165, 1.54) is 10.8 Å². The van der Waals surface area contributed by atoms with E-state index in [1.807, 2.05) is 24.5 Å². The van der Waals surface area contributed by atoms with Crippen molar-refractivity contribution in [2.75, 3.05) is 5.73 Å². The monoisotopic (exact) mass is 259 g/mol. The second-order valence-corrected chi connectivity index (χ2v) is 4.86. The Morgan fingerprint density at radius 3 is 2.70 bits per heavy atom. The molecule has 2 N–H and O–H groups in total. The van der Waals surface area contributed by atoms with Gasteiger partial charge in [-0.05, 0) is 29.7 Å². The lowest BCUT2D eigenvalue weighted by Crippen LogP contribution is -1.93. The summed E-state index contributed by atoms with van der Waals surface area (Å²) in [5, 5.41) is 2.44. The van der Waals surface area contributed by atoms with Gasteiger partial charge in [0.1, 0.15) is 6.33 Å². The third-order valence-electron chi connectivity index (χ3n) is 3.60. The molecule has 0 saturated heterocycles. The zero-order chi connectivity index (χ0) is 13.5. The molecular formula is C17H13N3. The summed E-state index contributed by atoms with van der Waals surface area (Å²) in [6, 6.07) is 20.5. The molecule has 20 heavy (non-hydrogen) atoms. The molecule has 4 rings (SSSR count). The Morgan fingerprint density at radius 2 is 1.75 bits per heavy atom. The average Bonchev–Trinajstić information content (AvgIpc) is 2.89. The van der Waals surface area contributed by atoms with Crippen LogP contribution in [0, 0.1) is 0 Å². The summed E-state index contributed by atoms with van der Waals surface area (Å²) in [5.74, 6) is 0. The standard InChI is InChI=1S/C17H13N3/c18-13-8-9-17-15(10-13)19-11-20(17)16-7-3-5-12-4-1-2-6-14(12)16/h1-11H,18H2. The minimum Gasteiger partial charge on any atom is -0.399 e. The zero-order valence-corrected chi connectivity index (χ0v) is 10.8. The van der Waals surface area contributed by atoms with Crippen LogP contribution in [-0.4, -0.2) is 9.55 Å². The number of hydrogen-bond acceptors (Lipinski definition) is 2. The van der Waals surface area contributed by atoms with E-state index in [4.69, 9.17) is 5.73 Å². The van der Waals surface area contributed by atoms with E-state index in [0.717, 1.165) is 22.4 Å². The lowest BCUT2D eigenvalue weighted by Gasteiger charge is -2.08. The number of aromatic nitrogens is 2. The molecular weight excluding hydrogens is 246 g/mol. The molecule has 96 valence electrons. The normalized spacial score (nSPS) is 11.2. The van der Waals surface area contributed by atoms with Crippen molar-refractivity contribution in [1.82, 2.24) is 9.55 Å². The molecule has 0 aliphatic carbocycles. The van der Waals surface area contributed by atoms with Crippen LogP contribution >= 0.6 is 0 Å². The highest BCUT2D eigenvalue weighted by Crippen LogP contribution is 2.26. The number of imidazole rings is 1. The maximum atomic E-state index is 5.81. The van der Waals surface area contributed by atoms with Crippen LogP contribution in [0.15, 0.2) is 67.0 Å². The molecule has 4 aromatic rings. The van der Waals surface area contributed by atoms with Gasteiger partial charge in [-0.1, -0.05) is 36.4 Å². The Kier molecular flexibility index (Phi) is 2.27. The summed E-state index contributed by atoms with van der Waals surface area (Å²) >= 11 is 0. The molecule has 0 saturated carbocycles. The number of anilines is 1. The van der Waals surface area contributed by atoms with Crippen molar-refractivity contribution in [2.45, 2.75) is 0 Å². The second-order valence-electron chi connectivity index (χ2n) is 4.86. The van der Waals surface area contributed by atoms with Gasteiger partial charge in [-0.2, -0.15) is 0 Å². The quantitative estimate of drug-likeness (QED) is 0.529. The predicted octanol–water partition coefficient (Wildman–Crippen LogP) is 3.76. The minimum atomic E-state index is 0.737. The minimum absolute atomic E-state index is 0.737. The molecule has 0 amide bonds. The fraction of sp³-hybridized carbons (Fsp3) is 0. The Hall–Kier alpha value is -2.81. The Balaban J connectivity index is 2.06. The van der Waals surface area contributed by atoms with Gasteiger partial charge in [0.15, 0.2) is 0 Å². The van der Waals surface area contributed by atoms with Crippen LogP contribution in [0.3, 0.4) is 0 Å². The van der Waals surface area contributed by atoms with Crippen molar-refractivity contribution < 1.29 is 0 Å². The number of nitrogens with two attached hydrogens (primary N) is 1. The van der Waals surface area contributed by atoms with Crippen molar-refractivity contribution >= 4 is 27.5 Å². The van der Waals surface area contributed by atoms with Gasteiger partial charge in [0, 0.05) is 11.1 Å². The summed E-state index contributed by atoms with van der Waals surface area (Å²) in [5.41, 5.74) is 9.66. The highest BCUT2D eigenvalue weighted by Gasteiger charge is 2.07. The molecule has 0 atom stereocenters. The third kappa shape index (κ3) is 1.57. The van der Waals surface area contributed by atoms with Gasteiger partial charge in [-0.15, -0.1) is 0 Å². The summed E-state index contributed by atoms with van der Waals surface area (Å²) in [6.45, 7) is 0. The van der Waals surface area contributed by atoms with E-state index in [-0.39, 0.29) is 0 Å². The molecule has 0 radical (unpaired) electrons. The Bertz CT molecular complexity index is 916. The van der Waals surface area contributed by atoms with Crippen molar-refractivity contribution in [3.8, 4) is 5.69 Å². The van der Waals surface area contributed by atoms with Crippen LogP contribution in [0.5, 0.6) is 0 Å². The van der Waals surface area contributed by atoms with E-state index in [2.05, 4.69) is 52.0 Å². The predicted molar refractivity (Wildman–Crippen MR) is 83.0 cm³/mol. The average molecular weight is 259 g/mol. The van der Waals surface area contributed by atoms with Gasteiger partial charge in [-0.25, -0.2) is 4.98 Å². The zero-order valence-electron chi connectivity index (χ0n) is 10.8.